The molecule has 0 bridgehead atoms. The fraction of sp³-hybridized carbons (Fsp3) is 0.200. The number of hydrogen-bond acceptors (Lipinski definition) is 4. The molecule has 0 saturated carbocycles. The van der Waals surface area contributed by atoms with Crippen molar-refractivity contribution in [3.05, 3.63) is 48.5 Å². The summed E-state index contributed by atoms with van der Waals surface area (Å²) in [6, 6.07) is 13.8. The lowest BCUT2D eigenvalue weighted by atomic mass is 10.3. The summed E-state index contributed by atoms with van der Waals surface area (Å²) in [5, 5.41) is 11.0. The molecule has 0 radical (unpaired) electrons. The fourth-order valence-electron chi connectivity index (χ4n) is 2.00. The van der Waals surface area contributed by atoms with Gasteiger partial charge in [-0.1, -0.05) is 24.3 Å². The van der Waals surface area contributed by atoms with Crippen LogP contribution in [0.5, 0.6) is 11.5 Å². The van der Waals surface area contributed by atoms with Crippen molar-refractivity contribution in [2.75, 3.05) is 13.7 Å². The molecule has 106 valence electrons. The summed E-state index contributed by atoms with van der Waals surface area (Å²) in [4.78, 5) is 0. The zero-order valence-electron chi connectivity index (χ0n) is 11.4. The summed E-state index contributed by atoms with van der Waals surface area (Å²) < 4.78 is 23.9. The third kappa shape index (κ3) is 2.58. The molecule has 0 fully saturated rings. The van der Waals surface area contributed by atoms with Gasteiger partial charge in [-0.3, -0.25) is 4.57 Å². The summed E-state index contributed by atoms with van der Waals surface area (Å²) in [7, 11) is -1.88. The molecule has 1 unspecified atom stereocenters. The van der Waals surface area contributed by atoms with Crippen molar-refractivity contribution in [2.24, 2.45) is 0 Å². The van der Waals surface area contributed by atoms with E-state index >= 15 is 0 Å². The topological polar surface area (TPSA) is 55.8 Å². The smallest absolute Gasteiger partial charge is 0.265 e. The average Bonchev–Trinajstić information content (AvgIpc) is 2.48. The minimum absolute atomic E-state index is 0.143. The van der Waals surface area contributed by atoms with Crippen molar-refractivity contribution in [3.8, 4) is 11.5 Å². The van der Waals surface area contributed by atoms with E-state index in [0.29, 0.717) is 5.30 Å². The third-order valence-electron chi connectivity index (χ3n) is 2.92. The van der Waals surface area contributed by atoms with Gasteiger partial charge in [0.05, 0.1) is 19.0 Å². The van der Waals surface area contributed by atoms with E-state index in [1.54, 1.807) is 49.4 Å². The molecule has 5 heteroatoms. The second kappa shape index (κ2) is 6.12. The van der Waals surface area contributed by atoms with E-state index in [0.717, 1.165) is 0 Å². The minimum atomic E-state index is -3.33. The Balaban J connectivity index is 2.63. The van der Waals surface area contributed by atoms with Crippen LogP contribution in [0, 0.1) is 0 Å². The summed E-state index contributed by atoms with van der Waals surface area (Å²) in [6.45, 7) is 2.05. The monoisotopic (exact) mass is 292 g/mol. The molecule has 20 heavy (non-hydrogen) atoms. The average molecular weight is 292 g/mol. The molecule has 1 atom stereocenters. The Morgan fingerprint density at radius 1 is 1.10 bits per heavy atom. The molecule has 2 rings (SSSR count). The van der Waals surface area contributed by atoms with Gasteiger partial charge in [0.2, 0.25) is 0 Å². The van der Waals surface area contributed by atoms with E-state index < -0.39 is 7.37 Å². The lowest BCUT2D eigenvalue weighted by molar-refractivity contribution is 0.345. The maximum atomic E-state index is 13.3. The van der Waals surface area contributed by atoms with Crippen molar-refractivity contribution in [3.63, 3.8) is 0 Å². The van der Waals surface area contributed by atoms with E-state index in [-0.39, 0.29) is 23.4 Å². The molecular weight excluding hydrogens is 275 g/mol. The molecule has 2 aromatic carbocycles. The summed E-state index contributed by atoms with van der Waals surface area (Å²) >= 11 is 0. The summed E-state index contributed by atoms with van der Waals surface area (Å²) in [5.41, 5.74) is 0. The van der Waals surface area contributed by atoms with Gasteiger partial charge in [0.25, 0.3) is 7.37 Å². The van der Waals surface area contributed by atoms with Crippen LogP contribution in [0.15, 0.2) is 48.5 Å². The second-order valence-electron chi connectivity index (χ2n) is 4.13. The van der Waals surface area contributed by atoms with Crippen LogP contribution in [0.3, 0.4) is 0 Å². The van der Waals surface area contributed by atoms with E-state index in [1.807, 2.05) is 6.07 Å². The molecule has 0 aromatic heterocycles. The normalized spacial score (nSPS) is 13.7. The highest BCUT2D eigenvalue weighted by atomic mass is 31.2. The maximum absolute atomic E-state index is 13.3. The molecule has 0 aliphatic carbocycles. The summed E-state index contributed by atoms with van der Waals surface area (Å²) in [5.74, 6) is 0.133. The van der Waals surface area contributed by atoms with E-state index in [4.69, 9.17) is 9.26 Å². The van der Waals surface area contributed by atoms with Gasteiger partial charge >= 0.3 is 0 Å². The van der Waals surface area contributed by atoms with Crippen molar-refractivity contribution < 1.29 is 18.9 Å². The van der Waals surface area contributed by atoms with Crippen molar-refractivity contribution in [1.82, 2.24) is 0 Å². The Kier molecular flexibility index (Phi) is 4.48. The lowest BCUT2D eigenvalue weighted by Gasteiger charge is -2.20. The molecular formula is C15H17O4P. The number of hydrogen-bond donors (Lipinski definition) is 1. The number of para-hydroxylation sites is 1. The van der Waals surface area contributed by atoms with Gasteiger partial charge in [-0.2, -0.15) is 0 Å². The van der Waals surface area contributed by atoms with Crippen LogP contribution < -0.4 is 15.3 Å². The van der Waals surface area contributed by atoms with Crippen LogP contribution in [-0.4, -0.2) is 18.8 Å². The standard InChI is InChI=1S/C15H17O4P/c1-3-19-20(17,12-8-5-4-6-9-12)14-11-7-10-13(18-2)15(14)16/h4-11,16H,3H2,1-2H3. The van der Waals surface area contributed by atoms with Crippen molar-refractivity contribution in [1.29, 1.82) is 0 Å². The van der Waals surface area contributed by atoms with E-state index in [2.05, 4.69) is 0 Å². The first-order valence-corrected chi connectivity index (χ1v) is 7.92. The molecule has 1 N–H and O–H groups in total. The lowest BCUT2D eigenvalue weighted by Crippen LogP contribution is -2.18. The fourth-order valence-corrected chi connectivity index (χ4v) is 4.17. The molecule has 0 spiro atoms. The first-order valence-electron chi connectivity index (χ1n) is 6.30. The van der Waals surface area contributed by atoms with Crippen molar-refractivity contribution >= 4 is 18.0 Å². The Morgan fingerprint density at radius 3 is 2.40 bits per heavy atom. The highest BCUT2D eigenvalue weighted by Gasteiger charge is 2.32. The van der Waals surface area contributed by atoms with Gasteiger partial charge in [0.15, 0.2) is 11.5 Å². The number of phenols is 1. The number of ether oxygens (including phenoxy) is 1. The molecule has 4 nitrogen and oxygen atoms in total. The van der Waals surface area contributed by atoms with Gasteiger partial charge in [0.1, 0.15) is 0 Å². The third-order valence-corrected chi connectivity index (χ3v) is 5.52. The number of methoxy groups -OCH3 is 1. The maximum Gasteiger partial charge on any atom is 0.265 e. The van der Waals surface area contributed by atoms with Crippen LogP contribution in [0.4, 0.5) is 0 Å². The SMILES string of the molecule is CCOP(=O)(c1ccccc1)c1cccc(OC)c1O. The zero-order chi connectivity index (χ0) is 14.6. The highest BCUT2D eigenvalue weighted by molar-refractivity contribution is 7.74. The number of aromatic hydroxyl groups is 1. The quantitative estimate of drug-likeness (QED) is 0.861. The van der Waals surface area contributed by atoms with Crippen LogP contribution in [0.1, 0.15) is 6.92 Å². The molecule has 0 amide bonds. The Bertz CT molecular complexity index is 625. The predicted molar refractivity (Wildman–Crippen MR) is 79.6 cm³/mol. The van der Waals surface area contributed by atoms with Gasteiger partial charge in [-0.05, 0) is 31.2 Å². The first kappa shape index (κ1) is 14.6. The predicted octanol–water partition coefficient (Wildman–Crippen LogP) is 2.67. The van der Waals surface area contributed by atoms with E-state index in [9.17, 15) is 9.67 Å². The zero-order valence-corrected chi connectivity index (χ0v) is 12.3. The van der Waals surface area contributed by atoms with Crippen LogP contribution in [0.25, 0.3) is 0 Å². The molecule has 0 heterocycles. The molecule has 0 aliphatic heterocycles. The first-order chi connectivity index (χ1) is 9.63. The van der Waals surface area contributed by atoms with E-state index in [1.165, 1.54) is 7.11 Å². The van der Waals surface area contributed by atoms with Gasteiger partial charge in [0, 0.05) is 5.30 Å². The van der Waals surface area contributed by atoms with Gasteiger partial charge in [-0.15, -0.1) is 0 Å². The second-order valence-corrected chi connectivity index (χ2v) is 6.49. The molecule has 2 aromatic rings. The highest BCUT2D eigenvalue weighted by Crippen LogP contribution is 2.48. The van der Waals surface area contributed by atoms with Crippen molar-refractivity contribution in [2.45, 2.75) is 6.92 Å². The van der Waals surface area contributed by atoms with Crippen LogP contribution in [0.2, 0.25) is 0 Å². The minimum Gasteiger partial charge on any atom is -0.504 e. The number of benzene rings is 2. The van der Waals surface area contributed by atoms with Gasteiger partial charge < -0.3 is 14.4 Å². The Morgan fingerprint density at radius 2 is 1.80 bits per heavy atom. The van der Waals surface area contributed by atoms with Crippen LogP contribution >= 0.6 is 7.37 Å². The number of phenolic OH excluding ortho intramolecular Hbond substituents is 1. The Hall–Kier alpha value is -1.77. The molecule has 0 aliphatic rings. The molecule has 0 saturated heterocycles. The largest absolute Gasteiger partial charge is 0.504 e. The van der Waals surface area contributed by atoms with Crippen LogP contribution in [-0.2, 0) is 9.09 Å². The Labute approximate surface area is 118 Å². The summed E-state index contributed by atoms with van der Waals surface area (Å²) in [6.07, 6.45) is 0. The number of rotatable bonds is 5. The van der Waals surface area contributed by atoms with Gasteiger partial charge in [-0.25, -0.2) is 0 Å².